The molecule has 4 nitrogen and oxygen atoms in total. The van der Waals surface area contributed by atoms with Crippen LogP contribution in [0.2, 0.25) is 0 Å². The molecular weight excluding hydrogens is 242 g/mol. The average Bonchev–Trinajstić information content (AvgIpc) is 2.25. The summed E-state index contributed by atoms with van der Waals surface area (Å²) >= 11 is 0. The van der Waals surface area contributed by atoms with Gasteiger partial charge in [-0.05, 0) is 44.9 Å². The summed E-state index contributed by atoms with van der Waals surface area (Å²) < 4.78 is 10.6. The van der Waals surface area contributed by atoms with Crippen LogP contribution in [0.5, 0.6) is 5.75 Å². The van der Waals surface area contributed by atoms with Gasteiger partial charge in [0.05, 0.1) is 13.2 Å². The van der Waals surface area contributed by atoms with Crippen LogP contribution in [0.4, 0.5) is 4.79 Å². The normalized spacial score (nSPS) is 18.7. The first-order chi connectivity index (χ1) is 8.90. The molecule has 1 aromatic carbocycles. The van der Waals surface area contributed by atoms with Crippen molar-refractivity contribution in [1.29, 1.82) is 0 Å². The minimum Gasteiger partial charge on any atom is -0.497 e. The molecular formula is C15H21NO3. The van der Waals surface area contributed by atoms with Crippen LogP contribution in [0.3, 0.4) is 0 Å². The van der Waals surface area contributed by atoms with E-state index in [9.17, 15) is 4.79 Å². The molecule has 1 fully saturated rings. The van der Waals surface area contributed by atoms with Gasteiger partial charge in [-0.25, -0.2) is 4.79 Å². The quantitative estimate of drug-likeness (QED) is 0.821. The van der Waals surface area contributed by atoms with Gasteiger partial charge >= 0.3 is 6.09 Å². The van der Waals surface area contributed by atoms with Crippen molar-refractivity contribution in [3.8, 4) is 5.75 Å². The molecule has 0 saturated carbocycles. The predicted octanol–water partition coefficient (Wildman–Crippen LogP) is 3.38. The van der Waals surface area contributed by atoms with E-state index in [1.54, 1.807) is 12.0 Å². The van der Waals surface area contributed by atoms with Crippen molar-refractivity contribution in [2.45, 2.75) is 38.8 Å². The number of rotatable bonds is 2. The zero-order chi connectivity index (χ0) is 14.0. The summed E-state index contributed by atoms with van der Waals surface area (Å²) in [6.45, 7) is 6.39. The fourth-order valence-electron chi connectivity index (χ4n) is 2.12. The van der Waals surface area contributed by atoms with Gasteiger partial charge < -0.3 is 14.4 Å². The van der Waals surface area contributed by atoms with Gasteiger partial charge in [0.15, 0.2) is 0 Å². The van der Waals surface area contributed by atoms with Gasteiger partial charge in [-0.3, -0.25) is 0 Å². The summed E-state index contributed by atoms with van der Waals surface area (Å²) in [5.41, 5.74) is 0.641. The second-order valence-electron chi connectivity index (χ2n) is 5.75. The Morgan fingerprint density at radius 2 is 2.11 bits per heavy atom. The van der Waals surface area contributed by atoms with Gasteiger partial charge in [0.2, 0.25) is 0 Å². The molecule has 1 amide bonds. The Balaban J connectivity index is 2.07. The predicted molar refractivity (Wildman–Crippen MR) is 73.3 cm³/mol. The van der Waals surface area contributed by atoms with Gasteiger partial charge in [0, 0.05) is 6.54 Å². The Kier molecular flexibility index (Phi) is 3.69. The highest BCUT2D eigenvalue weighted by Crippen LogP contribution is 2.35. The first-order valence-corrected chi connectivity index (χ1v) is 6.54. The number of hydrogen-bond donors (Lipinski definition) is 0. The minimum atomic E-state index is -0.453. The number of carbonyl (C=O) groups is 1. The second kappa shape index (κ2) is 5.11. The summed E-state index contributed by atoms with van der Waals surface area (Å²) in [7, 11) is 1.64. The van der Waals surface area contributed by atoms with Gasteiger partial charge in [-0.2, -0.15) is 0 Å². The highest BCUT2D eigenvalue weighted by atomic mass is 16.6. The molecule has 104 valence electrons. The molecule has 0 spiro atoms. The molecule has 2 rings (SSSR count). The molecule has 1 atom stereocenters. The van der Waals surface area contributed by atoms with Crippen LogP contribution in [0.25, 0.3) is 0 Å². The zero-order valence-corrected chi connectivity index (χ0v) is 12.0. The second-order valence-corrected chi connectivity index (χ2v) is 5.75. The third kappa shape index (κ3) is 3.19. The zero-order valence-electron chi connectivity index (χ0n) is 12.0. The van der Waals surface area contributed by atoms with Crippen LogP contribution < -0.4 is 4.74 Å². The van der Waals surface area contributed by atoms with Crippen LogP contribution in [0, 0.1) is 0 Å². The van der Waals surface area contributed by atoms with E-state index < -0.39 is 5.60 Å². The smallest absolute Gasteiger partial charge is 0.410 e. The number of hydrogen-bond acceptors (Lipinski definition) is 3. The van der Waals surface area contributed by atoms with Gasteiger partial charge in [0.1, 0.15) is 11.4 Å². The molecule has 1 saturated heterocycles. The van der Waals surface area contributed by atoms with Crippen molar-refractivity contribution in [3.63, 3.8) is 0 Å². The molecule has 0 aliphatic carbocycles. The summed E-state index contributed by atoms with van der Waals surface area (Å²) in [6, 6.07) is 7.94. The Morgan fingerprint density at radius 3 is 2.63 bits per heavy atom. The van der Waals surface area contributed by atoms with Crippen molar-refractivity contribution < 1.29 is 14.3 Å². The van der Waals surface area contributed by atoms with Crippen LogP contribution >= 0.6 is 0 Å². The SMILES string of the molecule is COc1cccc([C@@H]2CCN2C(=O)OC(C)(C)C)c1. The van der Waals surface area contributed by atoms with Crippen LogP contribution in [-0.2, 0) is 4.74 Å². The topological polar surface area (TPSA) is 38.8 Å². The van der Waals surface area contributed by atoms with Gasteiger partial charge in [-0.1, -0.05) is 12.1 Å². The molecule has 0 aromatic heterocycles. The molecule has 1 heterocycles. The molecule has 19 heavy (non-hydrogen) atoms. The third-order valence-electron chi connectivity index (χ3n) is 3.13. The number of ether oxygens (including phenoxy) is 2. The monoisotopic (exact) mass is 263 g/mol. The summed E-state index contributed by atoms with van der Waals surface area (Å²) in [5.74, 6) is 0.813. The number of benzene rings is 1. The molecule has 0 N–H and O–H groups in total. The standard InChI is InChI=1S/C15H21NO3/c1-15(2,3)19-14(17)16-9-8-13(16)11-6-5-7-12(10-11)18-4/h5-7,10,13H,8-9H2,1-4H3/t13-/m0/s1. The molecule has 1 aliphatic rings. The van der Waals surface area contributed by atoms with E-state index in [1.807, 2.05) is 45.0 Å². The van der Waals surface area contributed by atoms with Crippen molar-refractivity contribution in [2.24, 2.45) is 0 Å². The first kappa shape index (κ1) is 13.7. The average molecular weight is 263 g/mol. The molecule has 4 heteroatoms. The number of nitrogens with zero attached hydrogens (tertiary/aromatic N) is 1. The molecule has 1 aromatic rings. The fraction of sp³-hybridized carbons (Fsp3) is 0.533. The number of carbonyl (C=O) groups excluding carboxylic acids is 1. The van der Waals surface area contributed by atoms with Crippen LogP contribution in [-0.4, -0.2) is 30.2 Å². The lowest BCUT2D eigenvalue weighted by atomic mass is 9.95. The maximum absolute atomic E-state index is 12.1. The fourth-order valence-corrected chi connectivity index (χ4v) is 2.12. The van der Waals surface area contributed by atoms with Crippen LogP contribution in [0.1, 0.15) is 38.8 Å². The van der Waals surface area contributed by atoms with Crippen molar-refractivity contribution in [2.75, 3.05) is 13.7 Å². The van der Waals surface area contributed by atoms with Gasteiger partial charge in [-0.15, -0.1) is 0 Å². The number of amides is 1. The largest absolute Gasteiger partial charge is 0.497 e. The molecule has 0 radical (unpaired) electrons. The summed E-state index contributed by atoms with van der Waals surface area (Å²) in [4.78, 5) is 13.8. The molecule has 0 unspecified atom stereocenters. The molecule has 0 bridgehead atoms. The molecule has 1 aliphatic heterocycles. The maximum Gasteiger partial charge on any atom is 0.410 e. The Morgan fingerprint density at radius 1 is 1.37 bits per heavy atom. The van der Waals surface area contributed by atoms with Crippen molar-refractivity contribution in [1.82, 2.24) is 4.90 Å². The lowest BCUT2D eigenvalue weighted by molar-refractivity contribution is -0.00577. The number of methoxy groups -OCH3 is 1. The maximum atomic E-state index is 12.1. The van der Waals surface area contributed by atoms with E-state index in [0.29, 0.717) is 0 Å². The Hall–Kier alpha value is -1.71. The van der Waals surface area contributed by atoms with E-state index in [4.69, 9.17) is 9.47 Å². The van der Waals surface area contributed by atoms with Gasteiger partial charge in [0.25, 0.3) is 0 Å². The Bertz CT molecular complexity index is 465. The highest BCUT2D eigenvalue weighted by molar-refractivity contribution is 5.70. The van der Waals surface area contributed by atoms with E-state index in [2.05, 4.69) is 0 Å². The van der Waals surface area contributed by atoms with Crippen molar-refractivity contribution in [3.05, 3.63) is 29.8 Å². The number of likely N-dealkylation sites (tertiary alicyclic amines) is 1. The van der Waals surface area contributed by atoms with Crippen LogP contribution in [0.15, 0.2) is 24.3 Å². The lowest BCUT2D eigenvalue weighted by Crippen LogP contribution is -2.47. The third-order valence-corrected chi connectivity index (χ3v) is 3.13. The summed E-state index contributed by atoms with van der Waals surface area (Å²) in [6.07, 6.45) is 0.721. The summed E-state index contributed by atoms with van der Waals surface area (Å²) in [5, 5.41) is 0. The lowest BCUT2D eigenvalue weighted by Gasteiger charge is -2.41. The minimum absolute atomic E-state index is 0.102. The van der Waals surface area contributed by atoms with E-state index in [0.717, 1.165) is 24.3 Å². The van der Waals surface area contributed by atoms with E-state index >= 15 is 0 Å². The Labute approximate surface area is 114 Å². The van der Waals surface area contributed by atoms with Crippen molar-refractivity contribution >= 4 is 6.09 Å². The van der Waals surface area contributed by atoms with E-state index in [-0.39, 0.29) is 12.1 Å². The van der Waals surface area contributed by atoms with E-state index in [1.165, 1.54) is 0 Å². The first-order valence-electron chi connectivity index (χ1n) is 6.54. The highest BCUT2D eigenvalue weighted by Gasteiger charge is 2.36.